The number of nitrogens with zero attached hydrogens (tertiary/aromatic N) is 1. The molecule has 2 fully saturated rings. The van der Waals surface area contributed by atoms with Gasteiger partial charge >= 0.3 is 6.09 Å². The first-order chi connectivity index (χ1) is 9.85. The molecule has 2 saturated heterocycles. The van der Waals surface area contributed by atoms with Crippen molar-refractivity contribution in [2.75, 3.05) is 18.8 Å². The molecule has 0 radical (unpaired) electrons. The van der Waals surface area contributed by atoms with E-state index in [-0.39, 0.29) is 6.09 Å². The van der Waals surface area contributed by atoms with Gasteiger partial charge in [0.1, 0.15) is 5.60 Å². The second kappa shape index (κ2) is 7.23. The zero-order valence-corrected chi connectivity index (χ0v) is 14.7. The van der Waals surface area contributed by atoms with Crippen LogP contribution in [0.4, 0.5) is 4.79 Å². The van der Waals surface area contributed by atoms with Crippen LogP contribution in [-0.4, -0.2) is 52.8 Å². The van der Waals surface area contributed by atoms with Gasteiger partial charge in [-0.25, -0.2) is 4.79 Å². The third-order valence-electron chi connectivity index (χ3n) is 4.15. The molecule has 0 aromatic heterocycles. The van der Waals surface area contributed by atoms with Crippen molar-refractivity contribution in [2.24, 2.45) is 0 Å². The van der Waals surface area contributed by atoms with E-state index in [1.807, 2.05) is 37.4 Å². The van der Waals surface area contributed by atoms with Crippen molar-refractivity contribution in [1.82, 2.24) is 10.2 Å². The third-order valence-corrected chi connectivity index (χ3v) is 5.47. The predicted molar refractivity (Wildman–Crippen MR) is 88.9 cm³/mol. The molecule has 4 nitrogen and oxygen atoms in total. The smallest absolute Gasteiger partial charge is 0.410 e. The van der Waals surface area contributed by atoms with Gasteiger partial charge in [-0.1, -0.05) is 13.3 Å². The summed E-state index contributed by atoms with van der Waals surface area (Å²) in [4.78, 5) is 14.2. The highest BCUT2D eigenvalue weighted by Gasteiger charge is 2.30. The summed E-state index contributed by atoms with van der Waals surface area (Å²) >= 11 is 2.05. The maximum Gasteiger partial charge on any atom is 0.410 e. The Morgan fingerprint density at radius 3 is 2.67 bits per heavy atom. The minimum Gasteiger partial charge on any atom is -0.444 e. The van der Waals surface area contributed by atoms with Crippen LogP contribution in [0.3, 0.4) is 0 Å². The summed E-state index contributed by atoms with van der Waals surface area (Å²) in [5.41, 5.74) is -0.414. The first kappa shape index (κ1) is 16.9. The van der Waals surface area contributed by atoms with Gasteiger partial charge in [0.05, 0.1) is 0 Å². The quantitative estimate of drug-likeness (QED) is 0.849. The van der Waals surface area contributed by atoms with Crippen molar-refractivity contribution in [3.8, 4) is 0 Å². The number of rotatable bonds is 2. The summed E-state index contributed by atoms with van der Waals surface area (Å²) in [5.74, 6) is 1.25. The van der Waals surface area contributed by atoms with E-state index < -0.39 is 5.60 Å². The summed E-state index contributed by atoms with van der Waals surface area (Å²) in [6, 6.07) is 1.00. The molecular weight excluding hydrogens is 284 g/mol. The minimum atomic E-state index is -0.414. The van der Waals surface area contributed by atoms with Crippen LogP contribution in [-0.2, 0) is 4.74 Å². The standard InChI is InChI=1S/C16H30N2O2S/c1-12-14(8-10-21-12)17-13-7-5-6-9-18(11-13)15(19)20-16(2,3)4/h12-14,17H,5-11H2,1-4H3. The van der Waals surface area contributed by atoms with Crippen LogP contribution in [0.5, 0.6) is 0 Å². The number of likely N-dealkylation sites (tertiary alicyclic amines) is 1. The van der Waals surface area contributed by atoms with Crippen LogP contribution in [0.25, 0.3) is 0 Å². The fourth-order valence-electron chi connectivity index (χ4n) is 3.02. The zero-order chi connectivity index (χ0) is 15.5. The van der Waals surface area contributed by atoms with Crippen molar-refractivity contribution in [3.05, 3.63) is 0 Å². The van der Waals surface area contributed by atoms with Gasteiger partial charge in [0.15, 0.2) is 0 Å². The van der Waals surface area contributed by atoms with Gasteiger partial charge in [-0.05, 0) is 45.8 Å². The van der Waals surface area contributed by atoms with Gasteiger partial charge in [-0.2, -0.15) is 11.8 Å². The summed E-state index contributed by atoms with van der Waals surface area (Å²) in [7, 11) is 0. The summed E-state index contributed by atoms with van der Waals surface area (Å²) in [6.45, 7) is 9.68. The number of amides is 1. The van der Waals surface area contributed by atoms with E-state index in [2.05, 4.69) is 12.2 Å². The summed E-state index contributed by atoms with van der Waals surface area (Å²) in [5, 5.41) is 4.47. The maximum absolute atomic E-state index is 12.3. The van der Waals surface area contributed by atoms with Gasteiger partial charge in [0.25, 0.3) is 0 Å². The second-order valence-electron chi connectivity index (χ2n) is 7.26. The Labute approximate surface area is 133 Å². The molecule has 0 aromatic rings. The fourth-order valence-corrected chi connectivity index (χ4v) is 4.23. The molecule has 1 amide bonds. The van der Waals surface area contributed by atoms with Crippen molar-refractivity contribution < 1.29 is 9.53 Å². The molecule has 2 aliphatic rings. The highest BCUT2D eigenvalue weighted by atomic mass is 32.2. The van der Waals surface area contributed by atoms with Crippen molar-refractivity contribution in [1.29, 1.82) is 0 Å². The number of hydrogen-bond acceptors (Lipinski definition) is 4. The number of nitrogens with one attached hydrogen (secondary N) is 1. The minimum absolute atomic E-state index is 0.162. The SMILES string of the molecule is CC1SCCC1NC1CCCCN(C(=O)OC(C)(C)C)C1. The molecule has 0 saturated carbocycles. The Hall–Kier alpha value is -0.420. The van der Waals surface area contributed by atoms with Crippen LogP contribution in [0.2, 0.25) is 0 Å². The lowest BCUT2D eigenvalue weighted by atomic mass is 10.1. The highest BCUT2D eigenvalue weighted by molar-refractivity contribution is 8.00. The first-order valence-electron chi connectivity index (χ1n) is 8.21. The Balaban J connectivity index is 1.90. The van der Waals surface area contributed by atoms with E-state index in [0.29, 0.717) is 17.3 Å². The third kappa shape index (κ3) is 5.37. The molecule has 5 heteroatoms. The van der Waals surface area contributed by atoms with Gasteiger partial charge in [-0.3, -0.25) is 0 Å². The lowest BCUT2D eigenvalue weighted by molar-refractivity contribution is 0.0242. The van der Waals surface area contributed by atoms with Crippen molar-refractivity contribution in [3.63, 3.8) is 0 Å². The largest absolute Gasteiger partial charge is 0.444 e. The second-order valence-corrected chi connectivity index (χ2v) is 8.74. The monoisotopic (exact) mass is 314 g/mol. The lowest BCUT2D eigenvalue weighted by Crippen LogP contribution is -2.48. The van der Waals surface area contributed by atoms with Gasteiger partial charge in [0, 0.05) is 30.4 Å². The van der Waals surface area contributed by atoms with E-state index in [4.69, 9.17) is 4.74 Å². The van der Waals surface area contributed by atoms with Gasteiger partial charge < -0.3 is 15.0 Å². The summed E-state index contributed by atoms with van der Waals surface area (Å²) in [6.07, 6.45) is 4.50. The van der Waals surface area contributed by atoms with Crippen LogP contribution in [0.15, 0.2) is 0 Å². The molecule has 0 bridgehead atoms. The fraction of sp³-hybridized carbons (Fsp3) is 0.938. The molecule has 1 N–H and O–H groups in total. The molecule has 3 atom stereocenters. The number of ether oxygens (including phenoxy) is 1. The zero-order valence-electron chi connectivity index (χ0n) is 13.9. The molecule has 21 heavy (non-hydrogen) atoms. The molecule has 3 unspecified atom stereocenters. The van der Waals surface area contributed by atoms with E-state index in [1.54, 1.807) is 0 Å². The topological polar surface area (TPSA) is 41.6 Å². The molecule has 2 aliphatic heterocycles. The molecular formula is C16H30N2O2S. The lowest BCUT2D eigenvalue weighted by Gasteiger charge is -2.30. The Bertz CT molecular complexity index is 357. The number of carbonyl (C=O) groups is 1. The van der Waals surface area contributed by atoms with Gasteiger partial charge in [-0.15, -0.1) is 0 Å². The molecule has 0 aromatic carbocycles. The number of carbonyl (C=O) groups excluding carboxylic acids is 1. The predicted octanol–water partition coefficient (Wildman–Crippen LogP) is 3.26. The van der Waals surface area contributed by atoms with Crippen molar-refractivity contribution >= 4 is 17.9 Å². The first-order valence-corrected chi connectivity index (χ1v) is 9.25. The van der Waals surface area contributed by atoms with Crippen molar-refractivity contribution in [2.45, 2.75) is 76.3 Å². The molecule has 122 valence electrons. The molecule has 0 spiro atoms. The number of thioether (sulfide) groups is 1. The van der Waals surface area contributed by atoms with Crippen LogP contribution in [0, 0.1) is 0 Å². The van der Waals surface area contributed by atoms with E-state index in [0.717, 1.165) is 25.9 Å². The molecule has 2 heterocycles. The highest BCUT2D eigenvalue weighted by Crippen LogP contribution is 2.27. The van der Waals surface area contributed by atoms with Gasteiger partial charge in [0.2, 0.25) is 0 Å². The van der Waals surface area contributed by atoms with Crippen LogP contribution >= 0.6 is 11.8 Å². The summed E-state index contributed by atoms with van der Waals surface area (Å²) < 4.78 is 5.53. The van der Waals surface area contributed by atoms with E-state index in [9.17, 15) is 4.79 Å². The Morgan fingerprint density at radius 2 is 2.05 bits per heavy atom. The molecule has 2 rings (SSSR count). The van der Waals surface area contributed by atoms with Crippen LogP contribution < -0.4 is 5.32 Å². The van der Waals surface area contributed by atoms with Crippen LogP contribution in [0.1, 0.15) is 53.4 Å². The Kier molecular flexibility index (Phi) is 5.83. The number of hydrogen-bond donors (Lipinski definition) is 1. The Morgan fingerprint density at radius 1 is 1.29 bits per heavy atom. The normalized spacial score (nSPS) is 31.0. The average Bonchev–Trinajstić information content (AvgIpc) is 2.63. The maximum atomic E-state index is 12.3. The van der Waals surface area contributed by atoms with E-state index >= 15 is 0 Å². The van der Waals surface area contributed by atoms with E-state index in [1.165, 1.54) is 18.6 Å². The average molecular weight is 314 g/mol. The molecule has 0 aliphatic carbocycles.